The second-order valence-corrected chi connectivity index (χ2v) is 6.58. The van der Waals surface area contributed by atoms with Gasteiger partial charge in [0.1, 0.15) is 12.4 Å². The summed E-state index contributed by atoms with van der Waals surface area (Å²) in [5.74, 6) is -0.592. The van der Waals surface area contributed by atoms with Crippen molar-refractivity contribution >= 4 is 17.6 Å². The summed E-state index contributed by atoms with van der Waals surface area (Å²) in [7, 11) is 0. The number of hydrogen-bond donors (Lipinski definition) is 1. The smallest absolute Gasteiger partial charge is 0.416 e. The minimum absolute atomic E-state index is 0.0629. The summed E-state index contributed by atoms with van der Waals surface area (Å²) in [6, 6.07) is 19.5. The maximum absolute atomic E-state index is 13.0. The van der Waals surface area contributed by atoms with Gasteiger partial charge in [0.2, 0.25) is 0 Å². The first-order valence-corrected chi connectivity index (χ1v) is 9.11. The number of rotatable bonds is 6. The number of allylic oxidation sites excluding steroid dienone is 1. The second kappa shape index (κ2) is 9.18. The standard InChI is InChI=1S/C24H16F3NO3/c25-24(26,27)21-6-3-5-18(13-21)20(14-28)12-19-4-1-2-7-22(19)31-15-16-8-10-17(11-9-16)23(29)30/h1-13H,15H2,(H,29,30)/b20-12-. The molecule has 0 amide bonds. The van der Waals surface area contributed by atoms with Crippen LogP contribution in [0.1, 0.15) is 32.6 Å². The van der Waals surface area contributed by atoms with Gasteiger partial charge in [-0.2, -0.15) is 18.4 Å². The van der Waals surface area contributed by atoms with Crippen molar-refractivity contribution in [3.8, 4) is 11.8 Å². The van der Waals surface area contributed by atoms with Crippen LogP contribution in [0.3, 0.4) is 0 Å². The first kappa shape index (κ1) is 21.7. The molecular formula is C24H16F3NO3. The van der Waals surface area contributed by atoms with Gasteiger partial charge in [-0.15, -0.1) is 0 Å². The van der Waals surface area contributed by atoms with E-state index in [-0.39, 0.29) is 23.3 Å². The van der Waals surface area contributed by atoms with E-state index >= 15 is 0 Å². The van der Waals surface area contributed by atoms with Crippen LogP contribution in [0.15, 0.2) is 72.8 Å². The fourth-order valence-electron chi connectivity index (χ4n) is 2.83. The average molecular weight is 423 g/mol. The number of carboxylic acids is 1. The third-order valence-electron chi connectivity index (χ3n) is 4.44. The molecule has 3 aromatic carbocycles. The number of carboxylic acid groups (broad SMARTS) is 1. The molecule has 0 aliphatic rings. The fourth-order valence-corrected chi connectivity index (χ4v) is 2.83. The second-order valence-electron chi connectivity index (χ2n) is 6.58. The molecule has 0 heterocycles. The number of alkyl halides is 3. The molecular weight excluding hydrogens is 407 g/mol. The third kappa shape index (κ3) is 5.52. The Morgan fingerprint density at radius 1 is 1.00 bits per heavy atom. The van der Waals surface area contributed by atoms with Gasteiger partial charge in [-0.1, -0.05) is 42.5 Å². The first-order chi connectivity index (χ1) is 14.8. The lowest BCUT2D eigenvalue weighted by Gasteiger charge is -2.11. The van der Waals surface area contributed by atoms with Crippen LogP contribution in [0.2, 0.25) is 0 Å². The minimum Gasteiger partial charge on any atom is -0.488 e. The van der Waals surface area contributed by atoms with Crippen molar-refractivity contribution in [3.05, 3.63) is 101 Å². The normalized spacial score (nSPS) is 11.6. The Balaban J connectivity index is 1.86. The molecule has 0 atom stereocenters. The van der Waals surface area contributed by atoms with E-state index in [4.69, 9.17) is 9.84 Å². The van der Waals surface area contributed by atoms with Crippen molar-refractivity contribution in [1.29, 1.82) is 5.26 Å². The summed E-state index contributed by atoms with van der Waals surface area (Å²) in [6.45, 7) is 0.149. The molecule has 31 heavy (non-hydrogen) atoms. The lowest BCUT2D eigenvalue weighted by molar-refractivity contribution is -0.137. The Kier molecular flexibility index (Phi) is 6.41. The van der Waals surface area contributed by atoms with Gasteiger partial charge in [-0.05, 0) is 47.5 Å². The van der Waals surface area contributed by atoms with Crippen LogP contribution in [0.5, 0.6) is 5.75 Å². The van der Waals surface area contributed by atoms with Crippen LogP contribution in [-0.4, -0.2) is 11.1 Å². The van der Waals surface area contributed by atoms with E-state index in [1.807, 2.05) is 6.07 Å². The molecule has 0 unspecified atom stereocenters. The SMILES string of the molecule is N#C/C(=C/c1ccccc1OCc1ccc(C(=O)O)cc1)c1cccc(C(F)(F)F)c1. The number of aromatic carboxylic acids is 1. The zero-order valence-corrected chi connectivity index (χ0v) is 16.1. The molecule has 7 heteroatoms. The number of hydrogen-bond acceptors (Lipinski definition) is 3. The van der Waals surface area contributed by atoms with Gasteiger partial charge in [0.15, 0.2) is 0 Å². The van der Waals surface area contributed by atoms with Crippen molar-refractivity contribution in [1.82, 2.24) is 0 Å². The number of benzene rings is 3. The molecule has 3 aromatic rings. The summed E-state index contributed by atoms with van der Waals surface area (Å²) in [5.41, 5.74) is 0.803. The molecule has 0 aliphatic heterocycles. The highest BCUT2D eigenvalue weighted by molar-refractivity contribution is 5.90. The highest BCUT2D eigenvalue weighted by atomic mass is 19.4. The topological polar surface area (TPSA) is 70.3 Å². The first-order valence-electron chi connectivity index (χ1n) is 9.11. The summed E-state index contributed by atoms with van der Waals surface area (Å²) in [5, 5.41) is 18.5. The highest BCUT2D eigenvalue weighted by Gasteiger charge is 2.30. The summed E-state index contributed by atoms with van der Waals surface area (Å²) < 4.78 is 44.8. The van der Waals surface area contributed by atoms with Crippen LogP contribution in [0.4, 0.5) is 13.2 Å². The Bertz CT molecular complexity index is 1160. The Labute approximate surface area is 176 Å². The molecule has 0 aliphatic carbocycles. The zero-order valence-electron chi connectivity index (χ0n) is 16.1. The predicted molar refractivity (Wildman–Crippen MR) is 109 cm³/mol. The van der Waals surface area contributed by atoms with E-state index in [9.17, 15) is 23.2 Å². The number of nitrogens with zero attached hydrogens (tertiary/aromatic N) is 1. The van der Waals surface area contributed by atoms with Crippen molar-refractivity contribution in [2.45, 2.75) is 12.8 Å². The summed E-state index contributed by atoms with van der Waals surface area (Å²) >= 11 is 0. The van der Waals surface area contributed by atoms with Gasteiger partial charge in [0, 0.05) is 5.56 Å². The van der Waals surface area contributed by atoms with Crippen molar-refractivity contribution in [2.24, 2.45) is 0 Å². The van der Waals surface area contributed by atoms with Gasteiger partial charge >= 0.3 is 12.1 Å². The van der Waals surface area contributed by atoms with Crippen LogP contribution in [-0.2, 0) is 12.8 Å². The lowest BCUT2D eigenvalue weighted by atomic mass is 10.0. The monoisotopic (exact) mass is 423 g/mol. The molecule has 1 N–H and O–H groups in total. The van der Waals surface area contributed by atoms with E-state index in [1.165, 1.54) is 30.3 Å². The number of halogens is 3. The summed E-state index contributed by atoms with van der Waals surface area (Å²) in [4.78, 5) is 10.9. The van der Waals surface area contributed by atoms with E-state index in [1.54, 1.807) is 36.4 Å². The van der Waals surface area contributed by atoms with Gasteiger partial charge < -0.3 is 9.84 Å². The predicted octanol–water partition coefficient (Wildman–Crippen LogP) is 6.05. The van der Waals surface area contributed by atoms with Gasteiger partial charge in [0.05, 0.1) is 22.8 Å². The Morgan fingerprint density at radius 3 is 2.35 bits per heavy atom. The number of ether oxygens (including phenoxy) is 1. The average Bonchev–Trinajstić information content (AvgIpc) is 2.76. The third-order valence-corrected chi connectivity index (χ3v) is 4.44. The van der Waals surface area contributed by atoms with Gasteiger partial charge in [-0.25, -0.2) is 4.79 Å². The van der Waals surface area contributed by atoms with Crippen LogP contribution < -0.4 is 4.74 Å². The Morgan fingerprint density at radius 2 is 1.71 bits per heavy atom. The molecule has 0 saturated heterocycles. The lowest BCUT2D eigenvalue weighted by Crippen LogP contribution is -2.05. The summed E-state index contributed by atoms with van der Waals surface area (Å²) in [6.07, 6.45) is -3.04. The maximum atomic E-state index is 13.0. The van der Waals surface area contributed by atoms with E-state index in [2.05, 4.69) is 0 Å². The van der Waals surface area contributed by atoms with Crippen molar-refractivity contribution in [2.75, 3.05) is 0 Å². The quantitative estimate of drug-likeness (QED) is 0.387. The van der Waals surface area contributed by atoms with E-state index < -0.39 is 17.7 Å². The molecule has 0 spiro atoms. The molecule has 0 saturated carbocycles. The molecule has 4 nitrogen and oxygen atoms in total. The van der Waals surface area contributed by atoms with Crippen molar-refractivity contribution in [3.63, 3.8) is 0 Å². The van der Waals surface area contributed by atoms with Crippen LogP contribution in [0, 0.1) is 11.3 Å². The molecule has 0 aromatic heterocycles. The highest BCUT2D eigenvalue weighted by Crippen LogP contribution is 2.32. The van der Waals surface area contributed by atoms with Gasteiger partial charge in [0.25, 0.3) is 0 Å². The van der Waals surface area contributed by atoms with Crippen LogP contribution in [0.25, 0.3) is 11.6 Å². The van der Waals surface area contributed by atoms with E-state index in [0.29, 0.717) is 11.3 Å². The zero-order chi connectivity index (χ0) is 22.4. The molecule has 0 fully saturated rings. The molecule has 0 bridgehead atoms. The number of para-hydroxylation sites is 1. The maximum Gasteiger partial charge on any atom is 0.416 e. The van der Waals surface area contributed by atoms with Gasteiger partial charge in [-0.3, -0.25) is 0 Å². The largest absolute Gasteiger partial charge is 0.488 e. The fraction of sp³-hybridized carbons (Fsp3) is 0.0833. The number of carbonyl (C=O) groups is 1. The molecule has 0 radical (unpaired) electrons. The van der Waals surface area contributed by atoms with Crippen molar-refractivity contribution < 1.29 is 27.8 Å². The molecule has 3 rings (SSSR count). The minimum atomic E-state index is -4.51. The number of nitriles is 1. The Hall–Kier alpha value is -4.05. The van der Waals surface area contributed by atoms with Crippen LogP contribution >= 0.6 is 0 Å². The van der Waals surface area contributed by atoms with E-state index in [0.717, 1.165) is 17.7 Å². The molecule has 156 valence electrons.